The van der Waals surface area contributed by atoms with E-state index < -0.39 is 11.6 Å². The SMILES string of the molecule is Fc1ccc(CNc2c(F)cc(Br)cc2F)cc1. The molecule has 0 saturated carbocycles. The van der Waals surface area contributed by atoms with Crippen LogP contribution < -0.4 is 5.32 Å². The van der Waals surface area contributed by atoms with Crippen molar-refractivity contribution in [1.82, 2.24) is 0 Å². The van der Waals surface area contributed by atoms with E-state index in [2.05, 4.69) is 21.2 Å². The molecule has 0 saturated heterocycles. The Morgan fingerprint density at radius 2 is 1.50 bits per heavy atom. The zero-order chi connectivity index (χ0) is 13.1. The minimum atomic E-state index is -0.677. The molecule has 2 aromatic rings. The first-order chi connectivity index (χ1) is 8.56. The van der Waals surface area contributed by atoms with E-state index in [0.29, 0.717) is 4.47 Å². The van der Waals surface area contributed by atoms with Crippen molar-refractivity contribution in [3.8, 4) is 0 Å². The Labute approximate surface area is 111 Å². The third kappa shape index (κ3) is 3.04. The summed E-state index contributed by atoms with van der Waals surface area (Å²) in [5.41, 5.74) is 0.542. The molecule has 1 N–H and O–H groups in total. The third-order valence-electron chi connectivity index (χ3n) is 2.39. The second-order valence-electron chi connectivity index (χ2n) is 3.72. The van der Waals surface area contributed by atoms with Crippen molar-refractivity contribution in [2.24, 2.45) is 0 Å². The van der Waals surface area contributed by atoms with E-state index in [1.54, 1.807) is 12.1 Å². The van der Waals surface area contributed by atoms with Crippen molar-refractivity contribution in [2.75, 3.05) is 5.32 Å². The fraction of sp³-hybridized carbons (Fsp3) is 0.0769. The Kier molecular flexibility index (Phi) is 3.91. The van der Waals surface area contributed by atoms with E-state index in [9.17, 15) is 13.2 Å². The van der Waals surface area contributed by atoms with Gasteiger partial charge in [-0.2, -0.15) is 0 Å². The van der Waals surface area contributed by atoms with Crippen LogP contribution in [0, 0.1) is 17.5 Å². The van der Waals surface area contributed by atoms with Crippen LogP contribution >= 0.6 is 15.9 Å². The molecule has 2 aromatic carbocycles. The van der Waals surface area contributed by atoms with E-state index in [4.69, 9.17) is 0 Å². The highest BCUT2D eigenvalue weighted by atomic mass is 79.9. The number of hydrogen-bond acceptors (Lipinski definition) is 1. The van der Waals surface area contributed by atoms with Crippen molar-refractivity contribution in [3.63, 3.8) is 0 Å². The van der Waals surface area contributed by atoms with Gasteiger partial charge < -0.3 is 5.32 Å². The molecule has 0 bridgehead atoms. The van der Waals surface area contributed by atoms with Crippen LogP contribution in [-0.4, -0.2) is 0 Å². The molecule has 0 radical (unpaired) electrons. The van der Waals surface area contributed by atoms with E-state index >= 15 is 0 Å². The molecule has 94 valence electrons. The van der Waals surface area contributed by atoms with E-state index in [0.717, 1.165) is 5.56 Å². The Balaban J connectivity index is 2.13. The molecule has 2 rings (SSSR count). The number of anilines is 1. The standard InChI is InChI=1S/C13H9BrF3N/c14-9-5-11(16)13(12(17)6-9)18-7-8-1-3-10(15)4-2-8/h1-6,18H,7H2. The average molecular weight is 316 g/mol. The van der Waals surface area contributed by atoms with E-state index in [-0.39, 0.29) is 18.0 Å². The predicted octanol–water partition coefficient (Wildman–Crippen LogP) is 4.48. The molecule has 0 aliphatic carbocycles. The number of halogens is 4. The second-order valence-corrected chi connectivity index (χ2v) is 4.64. The predicted molar refractivity (Wildman–Crippen MR) is 67.8 cm³/mol. The number of benzene rings is 2. The Hall–Kier alpha value is -1.49. The van der Waals surface area contributed by atoms with Crippen molar-refractivity contribution in [2.45, 2.75) is 6.54 Å². The Bertz CT molecular complexity index is 532. The molecule has 0 spiro atoms. The summed E-state index contributed by atoms with van der Waals surface area (Å²) in [5, 5.41) is 2.65. The second kappa shape index (κ2) is 5.44. The molecular formula is C13H9BrF3N. The van der Waals surface area contributed by atoms with Crippen LogP contribution in [-0.2, 0) is 6.54 Å². The number of nitrogens with one attached hydrogen (secondary N) is 1. The van der Waals surface area contributed by atoms with Gasteiger partial charge in [0, 0.05) is 11.0 Å². The molecule has 0 aliphatic heterocycles. The van der Waals surface area contributed by atoms with Crippen molar-refractivity contribution < 1.29 is 13.2 Å². The van der Waals surface area contributed by atoms with Crippen molar-refractivity contribution in [1.29, 1.82) is 0 Å². The summed E-state index contributed by atoms with van der Waals surface area (Å²) in [6, 6.07) is 8.05. The largest absolute Gasteiger partial charge is 0.376 e. The summed E-state index contributed by atoms with van der Waals surface area (Å²) >= 11 is 3.00. The van der Waals surface area contributed by atoms with Gasteiger partial charge in [-0.25, -0.2) is 13.2 Å². The zero-order valence-corrected chi connectivity index (χ0v) is 10.8. The van der Waals surface area contributed by atoms with Gasteiger partial charge in [0.15, 0.2) is 0 Å². The zero-order valence-electron chi connectivity index (χ0n) is 9.18. The Morgan fingerprint density at radius 3 is 2.06 bits per heavy atom. The molecule has 0 heterocycles. The summed E-state index contributed by atoms with van der Waals surface area (Å²) in [5.74, 6) is -1.70. The maximum absolute atomic E-state index is 13.5. The lowest BCUT2D eigenvalue weighted by atomic mass is 10.2. The maximum atomic E-state index is 13.5. The molecule has 0 aliphatic rings. The van der Waals surface area contributed by atoms with Crippen LogP contribution in [0.1, 0.15) is 5.56 Å². The van der Waals surface area contributed by atoms with Crippen LogP contribution in [0.5, 0.6) is 0 Å². The molecule has 0 amide bonds. The summed E-state index contributed by atoms with van der Waals surface area (Å²) < 4.78 is 40.0. The first kappa shape index (κ1) is 13.0. The highest BCUT2D eigenvalue weighted by Crippen LogP contribution is 2.24. The van der Waals surface area contributed by atoms with Gasteiger partial charge in [0.2, 0.25) is 0 Å². The van der Waals surface area contributed by atoms with Crippen LogP contribution in [0.3, 0.4) is 0 Å². The molecule has 0 aromatic heterocycles. The number of rotatable bonds is 3. The quantitative estimate of drug-likeness (QED) is 0.880. The van der Waals surface area contributed by atoms with Crippen molar-refractivity contribution in [3.05, 3.63) is 63.9 Å². The van der Waals surface area contributed by atoms with Crippen LogP contribution in [0.25, 0.3) is 0 Å². The summed E-state index contributed by atoms with van der Waals surface area (Å²) in [4.78, 5) is 0. The fourth-order valence-corrected chi connectivity index (χ4v) is 1.91. The van der Waals surface area contributed by atoms with Gasteiger partial charge in [-0.3, -0.25) is 0 Å². The van der Waals surface area contributed by atoms with Gasteiger partial charge in [0.25, 0.3) is 0 Å². The highest BCUT2D eigenvalue weighted by molar-refractivity contribution is 9.10. The van der Waals surface area contributed by atoms with Gasteiger partial charge in [-0.15, -0.1) is 0 Å². The molecule has 18 heavy (non-hydrogen) atoms. The Morgan fingerprint density at radius 1 is 0.944 bits per heavy atom. The van der Waals surface area contributed by atoms with Gasteiger partial charge in [0.1, 0.15) is 23.1 Å². The topological polar surface area (TPSA) is 12.0 Å². The minimum Gasteiger partial charge on any atom is -0.376 e. The summed E-state index contributed by atoms with van der Waals surface area (Å²) in [6.07, 6.45) is 0. The smallest absolute Gasteiger partial charge is 0.150 e. The van der Waals surface area contributed by atoms with Gasteiger partial charge in [0.05, 0.1) is 0 Å². The number of hydrogen-bond donors (Lipinski definition) is 1. The monoisotopic (exact) mass is 315 g/mol. The fourth-order valence-electron chi connectivity index (χ4n) is 1.50. The highest BCUT2D eigenvalue weighted by Gasteiger charge is 2.09. The average Bonchev–Trinajstić information content (AvgIpc) is 2.30. The molecule has 0 unspecified atom stereocenters. The van der Waals surface area contributed by atoms with E-state index in [1.165, 1.54) is 24.3 Å². The first-order valence-electron chi connectivity index (χ1n) is 5.19. The lowest BCUT2D eigenvalue weighted by molar-refractivity contribution is 0.586. The lowest BCUT2D eigenvalue weighted by Gasteiger charge is -2.09. The summed E-state index contributed by atoms with van der Waals surface area (Å²) in [7, 11) is 0. The minimum absolute atomic E-state index is 0.192. The first-order valence-corrected chi connectivity index (χ1v) is 5.98. The molecular weight excluding hydrogens is 307 g/mol. The van der Waals surface area contributed by atoms with E-state index in [1.807, 2.05) is 0 Å². The van der Waals surface area contributed by atoms with Gasteiger partial charge in [-0.1, -0.05) is 28.1 Å². The lowest BCUT2D eigenvalue weighted by Crippen LogP contribution is -2.04. The molecule has 0 atom stereocenters. The third-order valence-corrected chi connectivity index (χ3v) is 2.85. The van der Waals surface area contributed by atoms with Crippen molar-refractivity contribution >= 4 is 21.6 Å². The summed E-state index contributed by atoms with van der Waals surface area (Å²) in [6.45, 7) is 0.218. The van der Waals surface area contributed by atoms with Gasteiger partial charge in [-0.05, 0) is 29.8 Å². The molecule has 0 fully saturated rings. The van der Waals surface area contributed by atoms with Crippen LogP contribution in [0.4, 0.5) is 18.9 Å². The van der Waals surface area contributed by atoms with Crippen LogP contribution in [0.15, 0.2) is 40.9 Å². The van der Waals surface area contributed by atoms with Gasteiger partial charge >= 0.3 is 0 Å². The van der Waals surface area contributed by atoms with Crippen LogP contribution in [0.2, 0.25) is 0 Å². The normalized spacial score (nSPS) is 10.4. The molecule has 1 nitrogen and oxygen atoms in total. The molecule has 5 heteroatoms. The maximum Gasteiger partial charge on any atom is 0.150 e.